The number of hydrogen-bond acceptors (Lipinski definition) is 5. The Balaban J connectivity index is 2.03. The van der Waals surface area contributed by atoms with Gasteiger partial charge in [-0.15, -0.1) is 11.3 Å². The minimum Gasteiger partial charge on any atom is -0.293 e. The van der Waals surface area contributed by atoms with Gasteiger partial charge >= 0.3 is 0 Å². The number of rotatable bonds is 4. The second-order valence-electron chi connectivity index (χ2n) is 3.70. The number of nitrogens with zero attached hydrogens (tertiary/aromatic N) is 3. The van der Waals surface area contributed by atoms with Gasteiger partial charge in [0.15, 0.2) is 10.9 Å². The summed E-state index contributed by atoms with van der Waals surface area (Å²) in [5.74, 6) is 0.559. The normalized spacial score (nSPS) is 10.8. The molecule has 2 aromatic heterocycles. The van der Waals surface area contributed by atoms with Gasteiger partial charge in [-0.05, 0) is 19.9 Å². The zero-order valence-electron chi connectivity index (χ0n) is 9.93. The van der Waals surface area contributed by atoms with Gasteiger partial charge in [-0.3, -0.25) is 4.79 Å². The molecule has 0 aliphatic rings. The SMILES string of the molecule is Cc1cc(C(=O)CSc2ncnn2C)c(C)s1. The third-order valence-corrected chi connectivity index (χ3v) is 4.34. The lowest BCUT2D eigenvalue weighted by atomic mass is 10.2. The van der Waals surface area contributed by atoms with Crippen LogP contribution in [0.5, 0.6) is 0 Å². The third-order valence-electron chi connectivity index (χ3n) is 2.34. The average molecular weight is 267 g/mol. The number of aromatic nitrogens is 3. The molecule has 6 heteroatoms. The highest BCUT2D eigenvalue weighted by atomic mass is 32.2. The first kappa shape index (κ1) is 12.3. The zero-order chi connectivity index (χ0) is 12.4. The smallest absolute Gasteiger partial charge is 0.186 e. The van der Waals surface area contributed by atoms with Crippen LogP contribution in [-0.4, -0.2) is 26.3 Å². The van der Waals surface area contributed by atoms with Crippen molar-refractivity contribution in [1.82, 2.24) is 14.8 Å². The molecule has 0 fully saturated rings. The second kappa shape index (κ2) is 5.01. The van der Waals surface area contributed by atoms with Crippen LogP contribution in [0.3, 0.4) is 0 Å². The molecule has 0 saturated heterocycles. The minimum absolute atomic E-state index is 0.153. The van der Waals surface area contributed by atoms with Gasteiger partial charge in [-0.25, -0.2) is 9.67 Å². The highest BCUT2D eigenvalue weighted by molar-refractivity contribution is 7.99. The van der Waals surface area contributed by atoms with Crippen LogP contribution in [0.2, 0.25) is 0 Å². The van der Waals surface area contributed by atoms with Crippen LogP contribution in [0, 0.1) is 13.8 Å². The molecule has 0 radical (unpaired) electrons. The van der Waals surface area contributed by atoms with Crippen molar-refractivity contribution in [2.75, 3.05) is 5.75 Å². The molecule has 17 heavy (non-hydrogen) atoms. The molecule has 2 aromatic rings. The Bertz CT molecular complexity index is 545. The van der Waals surface area contributed by atoms with Gasteiger partial charge in [0.25, 0.3) is 0 Å². The molecule has 0 amide bonds. The van der Waals surface area contributed by atoms with Gasteiger partial charge in [0.1, 0.15) is 6.33 Å². The number of Topliss-reactive ketones (excluding diaryl/α,β-unsaturated/α-hetero) is 1. The summed E-state index contributed by atoms with van der Waals surface area (Å²) >= 11 is 3.08. The van der Waals surface area contributed by atoms with Gasteiger partial charge in [0.2, 0.25) is 0 Å². The lowest BCUT2D eigenvalue weighted by Crippen LogP contribution is -2.04. The molecule has 4 nitrogen and oxygen atoms in total. The molecule has 0 bridgehead atoms. The third kappa shape index (κ3) is 2.76. The van der Waals surface area contributed by atoms with Crippen LogP contribution < -0.4 is 0 Å². The van der Waals surface area contributed by atoms with E-state index in [0.29, 0.717) is 5.75 Å². The average Bonchev–Trinajstić information content (AvgIpc) is 2.81. The molecule has 2 heterocycles. The summed E-state index contributed by atoms with van der Waals surface area (Å²) in [6.07, 6.45) is 1.49. The Morgan fingerprint density at radius 3 is 2.82 bits per heavy atom. The maximum Gasteiger partial charge on any atom is 0.186 e. The van der Waals surface area contributed by atoms with Crippen LogP contribution in [0.15, 0.2) is 17.6 Å². The molecule has 0 unspecified atom stereocenters. The largest absolute Gasteiger partial charge is 0.293 e. The van der Waals surface area contributed by atoms with E-state index in [1.807, 2.05) is 27.0 Å². The van der Waals surface area contributed by atoms with E-state index in [2.05, 4.69) is 10.1 Å². The molecular weight excluding hydrogens is 254 g/mol. The fourth-order valence-corrected chi connectivity index (χ4v) is 3.25. The van der Waals surface area contributed by atoms with E-state index < -0.39 is 0 Å². The first-order valence-corrected chi connectivity index (χ1v) is 6.95. The van der Waals surface area contributed by atoms with E-state index in [4.69, 9.17) is 0 Å². The Morgan fingerprint density at radius 1 is 1.53 bits per heavy atom. The minimum atomic E-state index is 0.153. The molecule has 0 aromatic carbocycles. The predicted molar refractivity (Wildman–Crippen MR) is 69.9 cm³/mol. The second-order valence-corrected chi connectivity index (χ2v) is 6.11. The summed E-state index contributed by atoms with van der Waals surface area (Å²) in [6.45, 7) is 4.00. The van der Waals surface area contributed by atoms with Crippen LogP contribution in [0.1, 0.15) is 20.1 Å². The van der Waals surface area contributed by atoms with Crippen molar-refractivity contribution in [2.45, 2.75) is 19.0 Å². The van der Waals surface area contributed by atoms with Crippen LogP contribution in [-0.2, 0) is 7.05 Å². The molecule has 2 rings (SSSR count). The number of ketones is 1. The zero-order valence-corrected chi connectivity index (χ0v) is 11.6. The Labute approximate surface area is 108 Å². The van der Waals surface area contributed by atoms with Crippen molar-refractivity contribution in [3.05, 3.63) is 27.7 Å². The predicted octanol–water partition coefficient (Wildman–Crippen LogP) is 2.47. The topological polar surface area (TPSA) is 47.8 Å². The van der Waals surface area contributed by atoms with E-state index in [1.165, 1.54) is 23.0 Å². The fraction of sp³-hybridized carbons (Fsp3) is 0.364. The number of thioether (sulfide) groups is 1. The maximum atomic E-state index is 12.0. The van der Waals surface area contributed by atoms with Gasteiger partial charge < -0.3 is 0 Å². The van der Waals surface area contributed by atoms with E-state index in [0.717, 1.165) is 15.6 Å². The first-order valence-electron chi connectivity index (χ1n) is 5.15. The summed E-state index contributed by atoms with van der Waals surface area (Å²) in [4.78, 5) is 18.4. The highest BCUT2D eigenvalue weighted by Crippen LogP contribution is 2.23. The first-order chi connectivity index (χ1) is 8.08. The lowest BCUT2D eigenvalue weighted by molar-refractivity contribution is 0.102. The van der Waals surface area contributed by atoms with E-state index in [9.17, 15) is 4.79 Å². The van der Waals surface area contributed by atoms with Crippen molar-refractivity contribution < 1.29 is 4.79 Å². The molecule has 0 aliphatic carbocycles. The lowest BCUT2D eigenvalue weighted by Gasteiger charge is -2.00. The van der Waals surface area contributed by atoms with Crippen molar-refractivity contribution in [3.8, 4) is 0 Å². The van der Waals surface area contributed by atoms with Crippen LogP contribution in [0.4, 0.5) is 0 Å². The van der Waals surface area contributed by atoms with E-state index >= 15 is 0 Å². The van der Waals surface area contributed by atoms with Gasteiger partial charge in [-0.1, -0.05) is 11.8 Å². The molecular formula is C11H13N3OS2. The van der Waals surface area contributed by atoms with Crippen molar-refractivity contribution in [1.29, 1.82) is 0 Å². The monoisotopic (exact) mass is 267 g/mol. The van der Waals surface area contributed by atoms with Gasteiger partial charge in [-0.2, -0.15) is 5.10 Å². The van der Waals surface area contributed by atoms with Crippen molar-refractivity contribution in [2.24, 2.45) is 7.05 Å². The molecule has 0 spiro atoms. The number of thiophene rings is 1. The Hall–Kier alpha value is -1.14. The summed E-state index contributed by atoms with van der Waals surface area (Å²) in [5.41, 5.74) is 0.835. The molecule has 0 saturated carbocycles. The number of carbonyl (C=O) groups is 1. The van der Waals surface area contributed by atoms with Gasteiger partial charge in [0, 0.05) is 22.4 Å². The number of hydrogen-bond donors (Lipinski definition) is 0. The molecule has 0 atom stereocenters. The van der Waals surface area contributed by atoms with Gasteiger partial charge in [0.05, 0.1) is 5.75 Å². The Kier molecular flexibility index (Phi) is 3.63. The molecule has 0 N–H and O–H groups in total. The highest BCUT2D eigenvalue weighted by Gasteiger charge is 2.13. The summed E-state index contributed by atoms with van der Waals surface area (Å²) in [7, 11) is 1.82. The molecule has 0 aliphatic heterocycles. The number of aryl methyl sites for hydroxylation is 3. The Morgan fingerprint density at radius 2 is 2.29 bits per heavy atom. The van der Waals surface area contributed by atoms with E-state index in [1.54, 1.807) is 16.0 Å². The standard InChI is InChI=1S/C11H13N3OS2/c1-7-4-9(8(2)17-7)10(15)5-16-11-12-6-13-14(11)3/h4,6H,5H2,1-3H3. The summed E-state index contributed by atoms with van der Waals surface area (Å²) < 4.78 is 1.67. The quantitative estimate of drug-likeness (QED) is 0.630. The fourth-order valence-electron chi connectivity index (χ4n) is 1.53. The van der Waals surface area contributed by atoms with Crippen molar-refractivity contribution >= 4 is 28.9 Å². The maximum absolute atomic E-state index is 12.0. The summed E-state index contributed by atoms with van der Waals surface area (Å²) in [5, 5.41) is 4.73. The van der Waals surface area contributed by atoms with Crippen molar-refractivity contribution in [3.63, 3.8) is 0 Å². The summed E-state index contributed by atoms with van der Waals surface area (Å²) in [6, 6.07) is 1.96. The van der Waals surface area contributed by atoms with Crippen LogP contribution in [0.25, 0.3) is 0 Å². The molecule has 90 valence electrons. The van der Waals surface area contributed by atoms with Crippen LogP contribution >= 0.6 is 23.1 Å². The number of carbonyl (C=O) groups excluding carboxylic acids is 1. The van der Waals surface area contributed by atoms with E-state index in [-0.39, 0.29) is 5.78 Å².